The molecule has 3 rings (SSSR count). The van der Waals surface area contributed by atoms with E-state index in [1.165, 1.54) is 12.1 Å². The van der Waals surface area contributed by atoms with Crippen molar-refractivity contribution in [1.29, 1.82) is 0 Å². The fourth-order valence-electron chi connectivity index (χ4n) is 2.08. The van der Waals surface area contributed by atoms with E-state index in [0.717, 1.165) is 11.1 Å². The second-order valence-corrected chi connectivity index (χ2v) is 4.85. The lowest BCUT2D eigenvalue weighted by molar-refractivity contribution is 0.174. The van der Waals surface area contributed by atoms with Crippen LogP contribution in [0.3, 0.4) is 0 Å². The lowest BCUT2D eigenvalue weighted by atomic mass is 10.2. The van der Waals surface area contributed by atoms with Gasteiger partial charge in [-0.15, -0.1) is 0 Å². The van der Waals surface area contributed by atoms with Crippen LogP contribution in [-0.2, 0) is 13.1 Å². The summed E-state index contributed by atoms with van der Waals surface area (Å²) in [6.07, 6.45) is 0. The monoisotopic (exact) mass is 302 g/mol. The van der Waals surface area contributed by atoms with E-state index < -0.39 is 0 Å². The molecule has 5 nitrogen and oxygen atoms in total. The molecule has 0 bridgehead atoms. The SMILES string of the molecule is O=C(NCc1ccc(F)cc1)NCc1ccc2c(c1)OCO2. The van der Waals surface area contributed by atoms with Crippen LogP contribution < -0.4 is 20.1 Å². The molecule has 22 heavy (non-hydrogen) atoms. The Hall–Kier alpha value is -2.76. The number of carbonyl (C=O) groups excluding carboxylic acids is 1. The van der Waals surface area contributed by atoms with Crippen LogP contribution in [0.5, 0.6) is 11.5 Å². The van der Waals surface area contributed by atoms with Crippen LogP contribution >= 0.6 is 0 Å². The number of hydrogen-bond donors (Lipinski definition) is 2. The first-order chi connectivity index (χ1) is 10.7. The third kappa shape index (κ3) is 3.46. The molecule has 114 valence electrons. The first-order valence-electron chi connectivity index (χ1n) is 6.85. The molecular weight excluding hydrogens is 287 g/mol. The first-order valence-corrected chi connectivity index (χ1v) is 6.85. The Morgan fingerprint density at radius 3 is 2.36 bits per heavy atom. The molecule has 0 fully saturated rings. The number of hydrogen-bond acceptors (Lipinski definition) is 3. The van der Waals surface area contributed by atoms with Crippen LogP contribution in [0.25, 0.3) is 0 Å². The highest BCUT2D eigenvalue weighted by Gasteiger charge is 2.13. The summed E-state index contributed by atoms with van der Waals surface area (Å²) < 4.78 is 23.3. The minimum atomic E-state index is -0.295. The van der Waals surface area contributed by atoms with Gasteiger partial charge in [-0.05, 0) is 35.4 Å². The molecule has 0 aromatic heterocycles. The molecule has 2 aromatic carbocycles. The fraction of sp³-hybridized carbons (Fsp3) is 0.188. The minimum absolute atomic E-state index is 0.227. The van der Waals surface area contributed by atoms with Crippen LogP contribution in [0.15, 0.2) is 42.5 Å². The molecule has 1 aliphatic heterocycles. The van der Waals surface area contributed by atoms with Gasteiger partial charge in [-0.25, -0.2) is 9.18 Å². The topological polar surface area (TPSA) is 59.6 Å². The number of amides is 2. The maximum atomic E-state index is 12.8. The molecule has 2 amide bonds. The molecule has 2 aromatic rings. The lowest BCUT2D eigenvalue weighted by Crippen LogP contribution is -2.34. The molecule has 0 spiro atoms. The highest BCUT2D eigenvalue weighted by molar-refractivity contribution is 5.73. The van der Waals surface area contributed by atoms with Gasteiger partial charge in [-0.2, -0.15) is 0 Å². The van der Waals surface area contributed by atoms with E-state index in [1.54, 1.807) is 12.1 Å². The van der Waals surface area contributed by atoms with Crippen molar-refractivity contribution in [3.8, 4) is 11.5 Å². The summed E-state index contributed by atoms with van der Waals surface area (Å²) in [5, 5.41) is 5.46. The van der Waals surface area contributed by atoms with E-state index in [1.807, 2.05) is 18.2 Å². The van der Waals surface area contributed by atoms with E-state index in [2.05, 4.69) is 10.6 Å². The van der Waals surface area contributed by atoms with Gasteiger partial charge in [-0.3, -0.25) is 0 Å². The van der Waals surface area contributed by atoms with Gasteiger partial charge in [0.15, 0.2) is 11.5 Å². The first kappa shape index (κ1) is 14.2. The molecule has 0 aliphatic carbocycles. The van der Waals surface area contributed by atoms with Crippen LogP contribution in [-0.4, -0.2) is 12.8 Å². The molecule has 0 saturated carbocycles. The number of nitrogens with one attached hydrogen (secondary N) is 2. The summed E-state index contributed by atoms with van der Waals surface area (Å²) in [5.74, 6) is 1.10. The fourth-order valence-corrected chi connectivity index (χ4v) is 2.08. The standard InChI is InChI=1S/C16H15FN2O3/c17-13-4-1-11(2-5-13)8-18-16(20)19-9-12-3-6-14-15(7-12)22-10-21-14/h1-7H,8-10H2,(H2,18,19,20). The van der Waals surface area contributed by atoms with E-state index in [4.69, 9.17) is 9.47 Å². The largest absolute Gasteiger partial charge is 0.454 e. The van der Waals surface area contributed by atoms with Gasteiger partial charge in [0, 0.05) is 13.1 Å². The van der Waals surface area contributed by atoms with Crippen molar-refractivity contribution in [2.24, 2.45) is 0 Å². The summed E-state index contributed by atoms with van der Waals surface area (Å²) >= 11 is 0. The number of rotatable bonds is 4. The van der Waals surface area contributed by atoms with E-state index in [0.29, 0.717) is 24.6 Å². The highest BCUT2D eigenvalue weighted by Crippen LogP contribution is 2.32. The van der Waals surface area contributed by atoms with Crippen LogP contribution in [0, 0.1) is 5.82 Å². The summed E-state index contributed by atoms with van der Waals surface area (Å²) in [4.78, 5) is 11.7. The quantitative estimate of drug-likeness (QED) is 0.912. The number of fused-ring (bicyclic) bond motifs is 1. The van der Waals surface area contributed by atoms with Crippen molar-refractivity contribution in [3.63, 3.8) is 0 Å². The Bertz CT molecular complexity index is 674. The summed E-state index contributed by atoms with van der Waals surface area (Å²) in [7, 11) is 0. The zero-order valence-corrected chi connectivity index (χ0v) is 11.8. The van der Waals surface area contributed by atoms with Gasteiger partial charge in [-0.1, -0.05) is 18.2 Å². The van der Waals surface area contributed by atoms with E-state index in [9.17, 15) is 9.18 Å². The maximum absolute atomic E-state index is 12.8. The average molecular weight is 302 g/mol. The van der Waals surface area contributed by atoms with Crippen molar-refractivity contribution in [1.82, 2.24) is 10.6 Å². The third-order valence-corrected chi connectivity index (χ3v) is 3.26. The second kappa shape index (κ2) is 6.34. The normalized spacial score (nSPS) is 12.0. The number of benzene rings is 2. The molecule has 2 N–H and O–H groups in total. The predicted octanol–water partition coefficient (Wildman–Crippen LogP) is 2.55. The summed E-state index contributed by atoms with van der Waals surface area (Å²) in [5.41, 5.74) is 1.75. The molecule has 0 saturated heterocycles. The summed E-state index contributed by atoms with van der Waals surface area (Å²) in [6.45, 7) is 0.948. The minimum Gasteiger partial charge on any atom is -0.454 e. The Morgan fingerprint density at radius 1 is 0.955 bits per heavy atom. The van der Waals surface area contributed by atoms with Gasteiger partial charge in [0.1, 0.15) is 5.82 Å². The van der Waals surface area contributed by atoms with E-state index >= 15 is 0 Å². The zero-order chi connectivity index (χ0) is 15.4. The molecule has 1 heterocycles. The van der Waals surface area contributed by atoms with Crippen LogP contribution in [0.2, 0.25) is 0 Å². The van der Waals surface area contributed by atoms with Gasteiger partial charge in [0.2, 0.25) is 6.79 Å². The average Bonchev–Trinajstić information content (AvgIpc) is 3.00. The maximum Gasteiger partial charge on any atom is 0.315 e. The van der Waals surface area contributed by atoms with Crippen molar-refractivity contribution < 1.29 is 18.7 Å². The molecule has 0 unspecified atom stereocenters. The number of carbonyl (C=O) groups is 1. The highest BCUT2D eigenvalue weighted by atomic mass is 19.1. The second-order valence-electron chi connectivity index (χ2n) is 4.85. The van der Waals surface area contributed by atoms with E-state index in [-0.39, 0.29) is 18.6 Å². The van der Waals surface area contributed by atoms with Crippen molar-refractivity contribution in [2.75, 3.05) is 6.79 Å². The number of halogens is 1. The van der Waals surface area contributed by atoms with Gasteiger partial charge in [0.25, 0.3) is 0 Å². The Balaban J connectivity index is 1.47. The molecule has 1 aliphatic rings. The zero-order valence-electron chi connectivity index (χ0n) is 11.8. The van der Waals surface area contributed by atoms with Crippen molar-refractivity contribution in [2.45, 2.75) is 13.1 Å². The van der Waals surface area contributed by atoms with Crippen molar-refractivity contribution >= 4 is 6.03 Å². The predicted molar refractivity (Wildman–Crippen MR) is 78.0 cm³/mol. The van der Waals surface area contributed by atoms with Gasteiger partial charge < -0.3 is 20.1 Å². The molecule has 6 heteroatoms. The Kier molecular flexibility index (Phi) is 4.09. The summed E-state index contributed by atoms with van der Waals surface area (Å²) in [6, 6.07) is 11.2. The molecular formula is C16H15FN2O3. The Labute approximate surface area is 127 Å². The van der Waals surface area contributed by atoms with Crippen LogP contribution in [0.4, 0.5) is 9.18 Å². The number of urea groups is 1. The van der Waals surface area contributed by atoms with Gasteiger partial charge >= 0.3 is 6.03 Å². The lowest BCUT2D eigenvalue weighted by Gasteiger charge is -2.08. The molecule has 0 atom stereocenters. The van der Waals surface area contributed by atoms with Crippen molar-refractivity contribution in [3.05, 3.63) is 59.4 Å². The smallest absolute Gasteiger partial charge is 0.315 e. The Morgan fingerprint density at radius 2 is 1.59 bits per heavy atom. The molecule has 0 radical (unpaired) electrons. The van der Waals surface area contributed by atoms with Gasteiger partial charge in [0.05, 0.1) is 0 Å². The van der Waals surface area contributed by atoms with Crippen LogP contribution in [0.1, 0.15) is 11.1 Å². The third-order valence-electron chi connectivity index (χ3n) is 3.26. The number of ether oxygens (including phenoxy) is 2.